The number of nitrogens with zero attached hydrogens (tertiary/aromatic N) is 3. The third kappa shape index (κ3) is 2.94. The maximum absolute atomic E-state index is 6.29. The highest BCUT2D eigenvalue weighted by atomic mass is 35.5. The van der Waals surface area contributed by atoms with E-state index in [2.05, 4.69) is 25.5 Å². The van der Waals surface area contributed by atoms with Crippen LogP contribution in [0.5, 0.6) is 0 Å². The zero-order valence-electron chi connectivity index (χ0n) is 12.7. The van der Waals surface area contributed by atoms with Crippen LogP contribution in [0.1, 0.15) is 5.56 Å². The summed E-state index contributed by atoms with van der Waals surface area (Å²) in [7, 11) is 0. The van der Waals surface area contributed by atoms with E-state index in [1.54, 1.807) is 6.20 Å². The summed E-state index contributed by atoms with van der Waals surface area (Å²) in [6.07, 6.45) is 3.61. The van der Waals surface area contributed by atoms with E-state index in [-0.39, 0.29) is 0 Å². The van der Waals surface area contributed by atoms with Crippen LogP contribution in [0.3, 0.4) is 0 Å². The molecule has 0 amide bonds. The van der Waals surface area contributed by atoms with Gasteiger partial charge in [0.1, 0.15) is 0 Å². The molecule has 0 saturated carbocycles. The minimum Gasteiger partial charge on any atom is -0.363 e. The molecular weight excluding hydrogens is 322 g/mol. The second kappa shape index (κ2) is 6.29. The summed E-state index contributed by atoms with van der Waals surface area (Å²) in [5.74, 6) is 0.587. The number of anilines is 1. The second-order valence-electron chi connectivity index (χ2n) is 5.39. The topological polar surface area (TPSA) is 66.5 Å². The lowest BCUT2D eigenvalue weighted by Gasteiger charge is -2.09. The van der Waals surface area contributed by atoms with Gasteiger partial charge in [-0.05, 0) is 23.3 Å². The predicted octanol–water partition coefficient (Wildman–Crippen LogP) is 4.29. The highest BCUT2D eigenvalue weighted by Crippen LogP contribution is 2.26. The maximum Gasteiger partial charge on any atom is 0.172 e. The van der Waals surface area contributed by atoms with Gasteiger partial charge in [-0.25, -0.2) is 9.97 Å². The number of aromatic nitrogens is 4. The quantitative estimate of drug-likeness (QED) is 0.584. The Morgan fingerprint density at radius 3 is 2.62 bits per heavy atom. The molecule has 0 radical (unpaired) electrons. The van der Waals surface area contributed by atoms with Crippen molar-refractivity contribution in [1.82, 2.24) is 20.2 Å². The lowest BCUT2D eigenvalue weighted by Crippen LogP contribution is -2.03. The largest absolute Gasteiger partial charge is 0.363 e. The number of nitrogens with one attached hydrogen (secondary N) is 2. The van der Waals surface area contributed by atoms with Crippen LogP contribution in [-0.2, 0) is 6.54 Å². The molecule has 2 heterocycles. The fourth-order valence-electron chi connectivity index (χ4n) is 2.52. The first-order valence-corrected chi connectivity index (χ1v) is 7.92. The van der Waals surface area contributed by atoms with Gasteiger partial charge in [0.15, 0.2) is 11.0 Å². The SMILES string of the molecule is Clc1nc2cc(-c3cn[nH]c3)ccc2nc1NCc1ccccc1. The molecular formula is C18H14ClN5. The lowest BCUT2D eigenvalue weighted by atomic mass is 10.1. The minimum atomic E-state index is 0.364. The average molecular weight is 336 g/mol. The Kier molecular flexibility index (Phi) is 3.84. The van der Waals surface area contributed by atoms with Crippen LogP contribution >= 0.6 is 11.6 Å². The van der Waals surface area contributed by atoms with Crippen molar-refractivity contribution in [3.63, 3.8) is 0 Å². The van der Waals surface area contributed by atoms with Crippen LogP contribution < -0.4 is 5.32 Å². The van der Waals surface area contributed by atoms with E-state index in [1.165, 1.54) is 0 Å². The molecule has 0 fully saturated rings. The van der Waals surface area contributed by atoms with Crippen LogP contribution in [0.2, 0.25) is 5.15 Å². The van der Waals surface area contributed by atoms with Crippen LogP contribution in [0.15, 0.2) is 60.9 Å². The molecule has 0 aliphatic carbocycles. The summed E-state index contributed by atoms with van der Waals surface area (Å²) in [6, 6.07) is 16.0. The number of hydrogen-bond acceptors (Lipinski definition) is 4. The number of halogens is 1. The standard InChI is InChI=1S/C18H14ClN5/c19-17-18(20-9-12-4-2-1-3-5-12)24-15-7-6-13(8-16(15)23-17)14-10-21-22-11-14/h1-8,10-11H,9H2,(H,20,24)(H,21,22). The zero-order valence-corrected chi connectivity index (χ0v) is 13.5. The molecule has 0 bridgehead atoms. The van der Waals surface area contributed by atoms with Gasteiger partial charge in [0.05, 0.1) is 17.2 Å². The summed E-state index contributed by atoms with van der Waals surface area (Å²) in [4.78, 5) is 9.05. The summed E-state index contributed by atoms with van der Waals surface area (Å²) >= 11 is 6.29. The van der Waals surface area contributed by atoms with Gasteiger partial charge in [-0.2, -0.15) is 5.10 Å². The van der Waals surface area contributed by atoms with Crippen molar-refractivity contribution < 1.29 is 0 Å². The molecule has 2 aromatic carbocycles. The number of benzene rings is 2. The molecule has 4 rings (SSSR count). The molecule has 0 aliphatic rings. The van der Waals surface area contributed by atoms with E-state index in [0.29, 0.717) is 17.5 Å². The Bertz CT molecular complexity index is 968. The maximum atomic E-state index is 6.29. The normalized spacial score (nSPS) is 10.9. The molecule has 0 atom stereocenters. The van der Waals surface area contributed by atoms with Crippen LogP contribution in [0.25, 0.3) is 22.2 Å². The van der Waals surface area contributed by atoms with Crippen molar-refractivity contribution in [3.8, 4) is 11.1 Å². The highest BCUT2D eigenvalue weighted by Gasteiger charge is 2.08. The summed E-state index contributed by atoms with van der Waals surface area (Å²) in [5.41, 5.74) is 4.73. The molecule has 0 spiro atoms. The molecule has 24 heavy (non-hydrogen) atoms. The molecule has 0 saturated heterocycles. The second-order valence-corrected chi connectivity index (χ2v) is 5.75. The Labute approximate surface area is 143 Å². The molecule has 118 valence electrons. The Morgan fingerprint density at radius 2 is 1.83 bits per heavy atom. The van der Waals surface area contributed by atoms with Crippen molar-refractivity contribution in [3.05, 3.63) is 71.6 Å². The smallest absolute Gasteiger partial charge is 0.172 e. The van der Waals surface area contributed by atoms with Crippen LogP contribution in [0, 0.1) is 0 Å². The first kappa shape index (κ1) is 14.7. The first-order valence-electron chi connectivity index (χ1n) is 7.54. The van der Waals surface area contributed by atoms with Crippen molar-refractivity contribution in [2.75, 3.05) is 5.32 Å². The summed E-state index contributed by atoms with van der Waals surface area (Å²) < 4.78 is 0. The monoisotopic (exact) mass is 335 g/mol. The lowest BCUT2D eigenvalue weighted by molar-refractivity contribution is 1.09. The van der Waals surface area contributed by atoms with Gasteiger partial charge in [-0.3, -0.25) is 5.10 Å². The van der Waals surface area contributed by atoms with Crippen molar-refractivity contribution in [1.29, 1.82) is 0 Å². The Morgan fingerprint density at radius 1 is 0.958 bits per heavy atom. The zero-order chi connectivity index (χ0) is 16.4. The van der Waals surface area contributed by atoms with Crippen molar-refractivity contribution in [2.45, 2.75) is 6.54 Å². The summed E-state index contributed by atoms with van der Waals surface area (Å²) in [6.45, 7) is 0.647. The molecule has 2 aromatic heterocycles. The number of aromatic amines is 1. The van der Waals surface area contributed by atoms with E-state index < -0.39 is 0 Å². The fourth-order valence-corrected chi connectivity index (χ4v) is 2.72. The van der Waals surface area contributed by atoms with Gasteiger partial charge < -0.3 is 5.32 Å². The van der Waals surface area contributed by atoms with E-state index in [1.807, 2.05) is 54.7 Å². The van der Waals surface area contributed by atoms with Gasteiger partial charge in [-0.15, -0.1) is 0 Å². The molecule has 4 aromatic rings. The van der Waals surface area contributed by atoms with Gasteiger partial charge in [0.25, 0.3) is 0 Å². The molecule has 2 N–H and O–H groups in total. The molecule has 0 aliphatic heterocycles. The van der Waals surface area contributed by atoms with E-state index in [0.717, 1.165) is 27.7 Å². The summed E-state index contributed by atoms with van der Waals surface area (Å²) in [5, 5.41) is 10.4. The van der Waals surface area contributed by atoms with Crippen molar-refractivity contribution >= 4 is 28.5 Å². The van der Waals surface area contributed by atoms with E-state index in [4.69, 9.17) is 11.6 Å². The Balaban J connectivity index is 1.63. The molecule has 0 unspecified atom stereocenters. The average Bonchev–Trinajstić information content (AvgIpc) is 3.15. The van der Waals surface area contributed by atoms with E-state index >= 15 is 0 Å². The number of fused-ring (bicyclic) bond motifs is 1. The first-order chi connectivity index (χ1) is 11.8. The Hall–Kier alpha value is -2.92. The fraction of sp³-hybridized carbons (Fsp3) is 0.0556. The van der Waals surface area contributed by atoms with Crippen LogP contribution in [0.4, 0.5) is 5.82 Å². The highest BCUT2D eigenvalue weighted by molar-refractivity contribution is 6.32. The number of rotatable bonds is 4. The van der Waals surface area contributed by atoms with Gasteiger partial charge in [0, 0.05) is 18.3 Å². The van der Waals surface area contributed by atoms with E-state index in [9.17, 15) is 0 Å². The van der Waals surface area contributed by atoms with Crippen molar-refractivity contribution in [2.24, 2.45) is 0 Å². The molecule has 5 nitrogen and oxygen atoms in total. The number of H-pyrrole nitrogens is 1. The minimum absolute atomic E-state index is 0.364. The predicted molar refractivity (Wildman–Crippen MR) is 95.9 cm³/mol. The van der Waals surface area contributed by atoms with Gasteiger partial charge in [-0.1, -0.05) is 48.0 Å². The third-order valence-corrected chi connectivity index (χ3v) is 4.02. The number of hydrogen-bond donors (Lipinski definition) is 2. The van der Waals surface area contributed by atoms with Gasteiger partial charge >= 0.3 is 0 Å². The van der Waals surface area contributed by atoms with Crippen LogP contribution in [-0.4, -0.2) is 20.2 Å². The van der Waals surface area contributed by atoms with Gasteiger partial charge in [0.2, 0.25) is 0 Å². The molecule has 6 heteroatoms. The third-order valence-electron chi connectivity index (χ3n) is 3.76.